The van der Waals surface area contributed by atoms with Crippen LogP contribution in [0.1, 0.15) is 33.2 Å². The summed E-state index contributed by atoms with van der Waals surface area (Å²) in [7, 11) is 0. The molecular weight excluding hydrogens is 573 g/mol. The minimum absolute atomic E-state index is 0.0403. The van der Waals surface area contributed by atoms with Crippen molar-refractivity contribution >= 4 is 39.5 Å². The first kappa shape index (κ1) is 27.5. The first-order chi connectivity index (χ1) is 17.4. The van der Waals surface area contributed by atoms with Gasteiger partial charge in [-0.25, -0.2) is 23.4 Å². The van der Waals surface area contributed by atoms with E-state index >= 15 is 0 Å². The fourth-order valence-electron chi connectivity index (χ4n) is 2.87. The highest BCUT2D eigenvalue weighted by Gasteiger charge is 2.32. The van der Waals surface area contributed by atoms with Gasteiger partial charge in [0.2, 0.25) is 5.88 Å². The van der Waals surface area contributed by atoms with E-state index in [-0.39, 0.29) is 34.0 Å². The number of halogens is 6. The van der Waals surface area contributed by atoms with Crippen molar-refractivity contribution in [3.8, 4) is 11.6 Å². The minimum atomic E-state index is -4.64. The van der Waals surface area contributed by atoms with Crippen molar-refractivity contribution in [3.05, 3.63) is 81.5 Å². The maximum absolute atomic E-state index is 13.8. The number of aromatic nitrogens is 1. The second-order valence-corrected chi connectivity index (χ2v) is 7.90. The summed E-state index contributed by atoms with van der Waals surface area (Å²) in [6.07, 6.45) is -4.10. The molecule has 194 valence electrons. The maximum Gasteiger partial charge on any atom is 0.417 e. The van der Waals surface area contributed by atoms with Crippen LogP contribution in [0.3, 0.4) is 0 Å². The molecule has 1 aromatic heterocycles. The van der Waals surface area contributed by atoms with Gasteiger partial charge in [-0.1, -0.05) is 6.07 Å². The molecule has 14 heteroatoms. The lowest BCUT2D eigenvalue weighted by molar-refractivity contribution is -0.137. The lowest BCUT2D eigenvalue weighted by atomic mass is 10.1. The maximum atomic E-state index is 13.8. The van der Waals surface area contributed by atoms with Crippen LogP contribution in [0, 0.1) is 11.6 Å². The van der Waals surface area contributed by atoms with E-state index in [2.05, 4.69) is 26.2 Å². The molecule has 2 N–H and O–H groups in total. The van der Waals surface area contributed by atoms with Gasteiger partial charge in [0, 0.05) is 11.9 Å². The standard InChI is InChI=1S/C23H15BrF5N3O5/c1-2-36-21(34)13-9-12(31-22(35)32-19(33)18-15(25)4-3-5-16(18)26)6-7-17(13)37-20-14(24)8-11(10-30-20)23(27,28)29/h3-10H,2H2,1H3,(H2,31,32,33,35). The molecule has 0 saturated carbocycles. The van der Waals surface area contributed by atoms with E-state index in [1.807, 2.05) is 0 Å². The van der Waals surface area contributed by atoms with Crippen LogP contribution in [0.2, 0.25) is 0 Å². The first-order valence-electron chi connectivity index (χ1n) is 10.2. The molecule has 0 aliphatic rings. The summed E-state index contributed by atoms with van der Waals surface area (Å²) in [4.78, 5) is 40.4. The summed E-state index contributed by atoms with van der Waals surface area (Å²) < 4.78 is 76.5. The van der Waals surface area contributed by atoms with E-state index < -0.39 is 46.8 Å². The van der Waals surface area contributed by atoms with E-state index in [1.54, 1.807) is 5.32 Å². The molecule has 0 bridgehead atoms. The number of hydrogen-bond acceptors (Lipinski definition) is 6. The molecule has 3 rings (SSSR count). The van der Waals surface area contributed by atoms with Crippen molar-refractivity contribution in [3.63, 3.8) is 0 Å². The normalized spacial score (nSPS) is 11.0. The van der Waals surface area contributed by atoms with Gasteiger partial charge in [-0.05, 0) is 59.3 Å². The quantitative estimate of drug-likeness (QED) is 0.268. The highest BCUT2D eigenvalue weighted by atomic mass is 79.9. The van der Waals surface area contributed by atoms with Crippen molar-refractivity contribution in [2.24, 2.45) is 0 Å². The number of rotatable bonds is 6. The average molecular weight is 588 g/mol. The van der Waals surface area contributed by atoms with Crippen molar-refractivity contribution in [2.45, 2.75) is 13.1 Å². The molecule has 0 unspecified atom stereocenters. The number of alkyl halides is 3. The van der Waals surface area contributed by atoms with Crippen molar-refractivity contribution in [2.75, 3.05) is 11.9 Å². The van der Waals surface area contributed by atoms with Gasteiger partial charge < -0.3 is 14.8 Å². The molecule has 2 aromatic carbocycles. The Morgan fingerprint density at radius 1 is 1.05 bits per heavy atom. The number of ether oxygens (including phenoxy) is 2. The Bertz CT molecular complexity index is 1350. The van der Waals surface area contributed by atoms with E-state index in [0.29, 0.717) is 6.20 Å². The van der Waals surface area contributed by atoms with Crippen molar-refractivity contribution < 1.29 is 45.8 Å². The average Bonchev–Trinajstić information content (AvgIpc) is 2.80. The van der Waals surface area contributed by atoms with Gasteiger partial charge in [0.1, 0.15) is 28.5 Å². The van der Waals surface area contributed by atoms with Gasteiger partial charge in [0.15, 0.2) is 0 Å². The van der Waals surface area contributed by atoms with Gasteiger partial charge in [-0.3, -0.25) is 10.1 Å². The number of amides is 3. The molecule has 8 nitrogen and oxygen atoms in total. The van der Waals surface area contributed by atoms with E-state index in [9.17, 15) is 36.3 Å². The van der Waals surface area contributed by atoms with E-state index in [1.165, 1.54) is 19.1 Å². The fourth-order valence-corrected chi connectivity index (χ4v) is 3.30. The molecule has 3 amide bonds. The fraction of sp³-hybridized carbons (Fsp3) is 0.130. The van der Waals surface area contributed by atoms with Crippen LogP contribution in [0.5, 0.6) is 11.6 Å². The number of pyridine rings is 1. The number of nitrogens with one attached hydrogen (secondary N) is 2. The molecule has 0 saturated heterocycles. The summed E-state index contributed by atoms with van der Waals surface area (Å²) in [5.74, 6) is -5.10. The Hall–Kier alpha value is -4.07. The summed E-state index contributed by atoms with van der Waals surface area (Å²) in [5.41, 5.74) is -2.31. The van der Waals surface area contributed by atoms with Crippen LogP contribution in [0.25, 0.3) is 0 Å². The van der Waals surface area contributed by atoms with Gasteiger partial charge in [0.25, 0.3) is 5.91 Å². The molecule has 0 aliphatic carbocycles. The Labute approximate surface area is 213 Å². The zero-order chi connectivity index (χ0) is 27.3. The number of benzene rings is 2. The number of urea groups is 1. The number of nitrogens with zero attached hydrogens (tertiary/aromatic N) is 1. The van der Waals surface area contributed by atoms with Crippen molar-refractivity contribution in [1.82, 2.24) is 10.3 Å². The highest BCUT2D eigenvalue weighted by Crippen LogP contribution is 2.36. The minimum Gasteiger partial charge on any atom is -0.462 e. The molecule has 0 radical (unpaired) electrons. The monoisotopic (exact) mass is 587 g/mol. The van der Waals surface area contributed by atoms with Crippen LogP contribution in [-0.2, 0) is 10.9 Å². The van der Waals surface area contributed by atoms with E-state index in [4.69, 9.17) is 9.47 Å². The number of carbonyl (C=O) groups excluding carboxylic acids is 3. The number of carbonyl (C=O) groups is 3. The van der Waals surface area contributed by atoms with Crippen LogP contribution in [-0.4, -0.2) is 29.5 Å². The lowest BCUT2D eigenvalue weighted by Crippen LogP contribution is -2.35. The largest absolute Gasteiger partial charge is 0.462 e. The number of esters is 1. The van der Waals surface area contributed by atoms with Gasteiger partial charge in [0.05, 0.1) is 16.6 Å². The van der Waals surface area contributed by atoms with Crippen LogP contribution >= 0.6 is 15.9 Å². The SMILES string of the molecule is CCOC(=O)c1cc(NC(=O)NC(=O)c2c(F)cccc2F)ccc1Oc1ncc(C(F)(F)F)cc1Br. The summed E-state index contributed by atoms with van der Waals surface area (Å²) in [6.45, 7) is 1.48. The smallest absolute Gasteiger partial charge is 0.417 e. The number of hydrogen-bond donors (Lipinski definition) is 2. The predicted molar refractivity (Wildman–Crippen MR) is 122 cm³/mol. The highest BCUT2D eigenvalue weighted by molar-refractivity contribution is 9.10. The molecule has 1 heterocycles. The number of imide groups is 1. The lowest BCUT2D eigenvalue weighted by Gasteiger charge is -2.14. The predicted octanol–water partition coefficient (Wildman–Crippen LogP) is 6.07. The summed E-state index contributed by atoms with van der Waals surface area (Å²) >= 11 is 2.93. The van der Waals surface area contributed by atoms with Crippen LogP contribution < -0.4 is 15.4 Å². The topological polar surface area (TPSA) is 107 Å². The Kier molecular flexibility index (Phi) is 8.42. The zero-order valence-corrected chi connectivity index (χ0v) is 20.2. The third kappa shape index (κ3) is 6.78. The third-order valence-corrected chi connectivity index (χ3v) is 5.06. The molecule has 0 atom stereocenters. The summed E-state index contributed by atoms with van der Waals surface area (Å²) in [6, 6.07) is 5.79. The van der Waals surface area contributed by atoms with Crippen LogP contribution in [0.15, 0.2) is 53.1 Å². The van der Waals surface area contributed by atoms with Crippen LogP contribution in [0.4, 0.5) is 32.4 Å². The summed E-state index contributed by atoms with van der Waals surface area (Å²) in [5, 5.41) is 3.97. The second-order valence-electron chi connectivity index (χ2n) is 7.05. The molecule has 3 aromatic rings. The van der Waals surface area contributed by atoms with Gasteiger partial charge in [-0.15, -0.1) is 0 Å². The molecule has 0 spiro atoms. The Balaban J connectivity index is 1.83. The zero-order valence-electron chi connectivity index (χ0n) is 18.6. The Morgan fingerprint density at radius 2 is 1.73 bits per heavy atom. The Morgan fingerprint density at radius 3 is 2.32 bits per heavy atom. The van der Waals surface area contributed by atoms with Gasteiger partial charge >= 0.3 is 18.2 Å². The first-order valence-corrected chi connectivity index (χ1v) is 11.0. The molecule has 37 heavy (non-hydrogen) atoms. The molecule has 0 aliphatic heterocycles. The second kappa shape index (κ2) is 11.3. The molecule has 0 fully saturated rings. The van der Waals surface area contributed by atoms with Gasteiger partial charge in [-0.2, -0.15) is 13.2 Å². The molecular formula is C23H15BrF5N3O5. The van der Waals surface area contributed by atoms with Crippen molar-refractivity contribution in [1.29, 1.82) is 0 Å². The third-order valence-electron chi connectivity index (χ3n) is 4.49. The number of anilines is 1. The van der Waals surface area contributed by atoms with E-state index in [0.717, 1.165) is 30.3 Å².